The summed E-state index contributed by atoms with van der Waals surface area (Å²) < 4.78 is 11.0. The van der Waals surface area contributed by atoms with Gasteiger partial charge in [-0.1, -0.05) is 6.07 Å². The fraction of sp³-hybridized carbons (Fsp3) is 0.556. The number of benzene rings is 1. The van der Waals surface area contributed by atoms with Gasteiger partial charge in [-0.3, -0.25) is 4.79 Å². The number of nitrogens with zero attached hydrogens (tertiary/aromatic N) is 2. The first-order valence-corrected chi connectivity index (χ1v) is 8.47. The summed E-state index contributed by atoms with van der Waals surface area (Å²) in [6.07, 6.45) is 4.62. The highest BCUT2D eigenvalue weighted by Crippen LogP contribution is 2.29. The van der Waals surface area contributed by atoms with Crippen molar-refractivity contribution in [3.8, 4) is 0 Å². The van der Waals surface area contributed by atoms with Crippen LogP contribution in [-0.2, 0) is 9.53 Å². The van der Waals surface area contributed by atoms with E-state index in [9.17, 15) is 4.79 Å². The second kappa shape index (κ2) is 7.02. The van der Waals surface area contributed by atoms with E-state index in [-0.39, 0.29) is 5.97 Å². The first-order valence-electron chi connectivity index (χ1n) is 8.47. The summed E-state index contributed by atoms with van der Waals surface area (Å²) in [7, 11) is 0. The summed E-state index contributed by atoms with van der Waals surface area (Å²) in [5, 5.41) is 0. The number of aromatic nitrogens is 1. The van der Waals surface area contributed by atoms with Gasteiger partial charge in [-0.25, -0.2) is 0 Å². The van der Waals surface area contributed by atoms with Gasteiger partial charge in [0.15, 0.2) is 5.58 Å². The van der Waals surface area contributed by atoms with Gasteiger partial charge in [-0.05, 0) is 57.2 Å². The van der Waals surface area contributed by atoms with Crippen molar-refractivity contribution in [1.29, 1.82) is 0 Å². The SMILES string of the molecule is CCOC(=O)CC[C@@H]1CCCCN1c1nc2cc(C)ccc2o1. The van der Waals surface area contributed by atoms with E-state index in [2.05, 4.69) is 16.8 Å². The van der Waals surface area contributed by atoms with Crippen LogP contribution in [0, 0.1) is 6.92 Å². The number of carbonyl (C=O) groups excluding carboxylic acids is 1. The number of hydrogen-bond acceptors (Lipinski definition) is 5. The minimum Gasteiger partial charge on any atom is -0.466 e. The predicted molar refractivity (Wildman–Crippen MR) is 89.6 cm³/mol. The molecule has 0 radical (unpaired) electrons. The second-order valence-corrected chi connectivity index (χ2v) is 6.15. The zero-order chi connectivity index (χ0) is 16.2. The van der Waals surface area contributed by atoms with E-state index in [1.54, 1.807) is 0 Å². The molecule has 5 heteroatoms. The van der Waals surface area contributed by atoms with Crippen molar-refractivity contribution in [1.82, 2.24) is 4.98 Å². The van der Waals surface area contributed by atoms with Crippen LogP contribution >= 0.6 is 0 Å². The molecule has 1 aliphatic rings. The Morgan fingerprint density at radius 3 is 3.13 bits per heavy atom. The summed E-state index contributed by atoms with van der Waals surface area (Å²) >= 11 is 0. The lowest BCUT2D eigenvalue weighted by atomic mass is 9.98. The zero-order valence-corrected chi connectivity index (χ0v) is 13.9. The summed E-state index contributed by atoms with van der Waals surface area (Å²) in [5.74, 6) is -0.119. The number of oxazole rings is 1. The Morgan fingerprint density at radius 2 is 2.30 bits per heavy atom. The Bertz CT molecular complexity index is 680. The lowest BCUT2D eigenvalue weighted by molar-refractivity contribution is -0.143. The van der Waals surface area contributed by atoms with E-state index in [4.69, 9.17) is 9.15 Å². The second-order valence-electron chi connectivity index (χ2n) is 6.15. The van der Waals surface area contributed by atoms with E-state index < -0.39 is 0 Å². The smallest absolute Gasteiger partial charge is 0.305 e. The molecule has 0 amide bonds. The van der Waals surface area contributed by atoms with Crippen molar-refractivity contribution in [2.75, 3.05) is 18.1 Å². The Balaban J connectivity index is 1.75. The van der Waals surface area contributed by atoms with Crippen LogP contribution in [0.1, 0.15) is 44.6 Å². The van der Waals surface area contributed by atoms with Gasteiger partial charge in [-0.15, -0.1) is 0 Å². The number of esters is 1. The van der Waals surface area contributed by atoms with Crippen LogP contribution < -0.4 is 4.90 Å². The van der Waals surface area contributed by atoms with E-state index in [1.807, 2.05) is 25.1 Å². The van der Waals surface area contributed by atoms with E-state index in [1.165, 1.54) is 12.0 Å². The lowest BCUT2D eigenvalue weighted by Crippen LogP contribution is -2.40. The number of anilines is 1. The van der Waals surface area contributed by atoms with Crippen molar-refractivity contribution in [3.63, 3.8) is 0 Å². The molecule has 2 heterocycles. The number of aryl methyl sites for hydroxylation is 1. The number of piperidine rings is 1. The number of ether oxygens (including phenoxy) is 1. The molecule has 3 rings (SSSR count). The number of fused-ring (bicyclic) bond motifs is 1. The summed E-state index contributed by atoms with van der Waals surface area (Å²) in [6.45, 7) is 5.26. The molecule has 1 aromatic heterocycles. The molecule has 0 saturated carbocycles. The number of hydrogen-bond donors (Lipinski definition) is 0. The standard InChI is InChI=1S/C18H24N2O3/c1-3-22-17(21)10-8-14-6-4-5-11-20(14)18-19-15-12-13(2)7-9-16(15)23-18/h7,9,12,14H,3-6,8,10-11H2,1-2H3/t14-/m0/s1. The average Bonchev–Trinajstić information content (AvgIpc) is 2.96. The van der Waals surface area contributed by atoms with Gasteiger partial charge in [0.1, 0.15) is 5.52 Å². The van der Waals surface area contributed by atoms with Crippen molar-refractivity contribution in [2.24, 2.45) is 0 Å². The maximum atomic E-state index is 11.6. The van der Waals surface area contributed by atoms with Crippen molar-refractivity contribution in [3.05, 3.63) is 23.8 Å². The highest BCUT2D eigenvalue weighted by atomic mass is 16.5. The summed E-state index contributed by atoms with van der Waals surface area (Å²) in [5.41, 5.74) is 2.89. The third-order valence-electron chi connectivity index (χ3n) is 4.39. The van der Waals surface area contributed by atoms with E-state index in [0.717, 1.165) is 36.9 Å². The molecule has 0 N–H and O–H groups in total. The minimum absolute atomic E-state index is 0.119. The van der Waals surface area contributed by atoms with Crippen LogP contribution in [0.15, 0.2) is 22.6 Å². The van der Waals surface area contributed by atoms with Gasteiger partial charge in [-0.2, -0.15) is 4.98 Å². The highest BCUT2D eigenvalue weighted by Gasteiger charge is 2.27. The van der Waals surface area contributed by atoms with E-state index >= 15 is 0 Å². The monoisotopic (exact) mass is 316 g/mol. The predicted octanol–water partition coefficient (Wildman–Crippen LogP) is 3.84. The molecule has 1 saturated heterocycles. The van der Waals surface area contributed by atoms with Crippen LogP contribution in [0.4, 0.5) is 6.01 Å². The largest absolute Gasteiger partial charge is 0.466 e. The third-order valence-corrected chi connectivity index (χ3v) is 4.39. The molecule has 124 valence electrons. The van der Waals surface area contributed by atoms with Crippen molar-refractivity contribution < 1.29 is 13.9 Å². The van der Waals surface area contributed by atoms with Gasteiger partial charge < -0.3 is 14.1 Å². The van der Waals surface area contributed by atoms with Gasteiger partial charge in [0.05, 0.1) is 6.61 Å². The van der Waals surface area contributed by atoms with Gasteiger partial charge >= 0.3 is 5.97 Å². The molecule has 1 aromatic carbocycles. The molecule has 1 aliphatic heterocycles. The number of carbonyl (C=O) groups is 1. The number of rotatable bonds is 5. The maximum absolute atomic E-state index is 11.6. The van der Waals surface area contributed by atoms with Gasteiger partial charge in [0, 0.05) is 19.0 Å². The zero-order valence-electron chi connectivity index (χ0n) is 13.9. The molecule has 1 atom stereocenters. The molecule has 1 fully saturated rings. The minimum atomic E-state index is -0.119. The van der Waals surface area contributed by atoms with Gasteiger partial charge in [0.25, 0.3) is 6.01 Å². The van der Waals surface area contributed by atoms with Crippen LogP contribution in [0.2, 0.25) is 0 Å². The van der Waals surface area contributed by atoms with E-state index in [0.29, 0.717) is 25.1 Å². The third kappa shape index (κ3) is 3.66. The summed E-state index contributed by atoms with van der Waals surface area (Å²) in [4.78, 5) is 18.5. The lowest BCUT2D eigenvalue weighted by Gasteiger charge is -2.34. The van der Waals surface area contributed by atoms with Crippen LogP contribution in [0.25, 0.3) is 11.1 Å². The maximum Gasteiger partial charge on any atom is 0.305 e. The molecule has 23 heavy (non-hydrogen) atoms. The molecule has 0 bridgehead atoms. The molecule has 0 spiro atoms. The first kappa shape index (κ1) is 15.8. The Kier molecular flexibility index (Phi) is 4.84. The Labute approximate surface area is 136 Å². The fourth-order valence-corrected chi connectivity index (χ4v) is 3.22. The normalized spacial score (nSPS) is 18.3. The topological polar surface area (TPSA) is 55.6 Å². The molecular formula is C18H24N2O3. The highest BCUT2D eigenvalue weighted by molar-refractivity contribution is 5.75. The molecule has 2 aromatic rings. The van der Waals surface area contributed by atoms with Crippen LogP contribution in [-0.4, -0.2) is 30.1 Å². The first-order chi connectivity index (χ1) is 11.2. The molecule has 0 unspecified atom stereocenters. The Hall–Kier alpha value is -2.04. The van der Waals surface area contributed by atoms with Crippen molar-refractivity contribution in [2.45, 2.75) is 52.0 Å². The quantitative estimate of drug-likeness (QED) is 0.785. The molecule has 0 aliphatic carbocycles. The average molecular weight is 316 g/mol. The Morgan fingerprint density at radius 1 is 1.43 bits per heavy atom. The van der Waals surface area contributed by atoms with Crippen LogP contribution in [0.3, 0.4) is 0 Å². The van der Waals surface area contributed by atoms with Crippen molar-refractivity contribution >= 4 is 23.1 Å². The molecule has 5 nitrogen and oxygen atoms in total. The molecular weight excluding hydrogens is 292 g/mol. The van der Waals surface area contributed by atoms with Crippen LogP contribution in [0.5, 0.6) is 0 Å². The summed E-state index contributed by atoms with van der Waals surface area (Å²) in [6, 6.07) is 7.02. The fourth-order valence-electron chi connectivity index (χ4n) is 3.22. The van der Waals surface area contributed by atoms with Gasteiger partial charge in [0.2, 0.25) is 0 Å².